The van der Waals surface area contributed by atoms with Gasteiger partial charge in [-0.15, -0.1) is 0 Å². The number of Topliss-reactive ketones (excluding diaryl/α,β-unsaturated/α-hetero) is 1. The zero-order chi connectivity index (χ0) is 23.1. The quantitative estimate of drug-likeness (QED) is 0.540. The van der Waals surface area contributed by atoms with Crippen LogP contribution in [0.1, 0.15) is 22.0 Å². The van der Waals surface area contributed by atoms with E-state index >= 15 is 0 Å². The maximum absolute atomic E-state index is 12.9. The summed E-state index contributed by atoms with van der Waals surface area (Å²) >= 11 is 0. The van der Waals surface area contributed by atoms with E-state index in [1.54, 1.807) is 19.2 Å². The summed E-state index contributed by atoms with van der Waals surface area (Å²) in [6.45, 7) is 2.07. The van der Waals surface area contributed by atoms with E-state index in [2.05, 4.69) is 10.2 Å². The fourth-order valence-electron chi connectivity index (χ4n) is 3.62. The monoisotopic (exact) mass is 461 g/mol. The van der Waals surface area contributed by atoms with Gasteiger partial charge in [-0.3, -0.25) is 4.79 Å². The number of rotatable bonds is 10. The van der Waals surface area contributed by atoms with Gasteiger partial charge in [0.25, 0.3) is 0 Å². The predicted molar refractivity (Wildman–Crippen MR) is 123 cm³/mol. The van der Waals surface area contributed by atoms with E-state index in [9.17, 15) is 13.2 Å². The van der Waals surface area contributed by atoms with Crippen molar-refractivity contribution in [3.05, 3.63) is 59.7 Å². The SMILES string of the molecule is COc1ccc(C(CNCC(=O)c2cccc(S(=O)(=O)N3CCOCC3)c2)N(C)C)cc1. The Labute approximate surface area is 190 Å². The number of nitrogens with one attached hydrogen (secondary N) is 1. The van der Waals surface area contributed by atoms with Crippen molar-refractivity contribution in [3.63, 3.8) is 0 Å². The molecule has 8 nitrogen and oxygen atoms in total. The molecule has 2 aromatic carbocycles. The largest absolute Gasteiger partial charge is 0.497 e. The standard InChI is InChI=1S/C23H31N3O5S/c1-25(2)22(18-7-9-20(30-3)10-8-18)16-24-17-23(27)19-5-4-6-21(15-19)32(28,29)26-11-13-31-14-12-26/h4-10,15,22,24H,11-14,16-17H2,1-3H3. The average Bonchev–Trinajstić information content (AvgIpc) is 2.82. The minimum absolute atomic E-state index is 0.0711. The zero-order valence-electron chi connectivity index (χ0n) is 18.8. The number of carbonyl (C=O) groups excluding carboxylic acids is 1. The van der Waals surface area contributed by atoms with Gasteiger partial charge in [0, 0.05) is 31.2 Å². The van der Waals surface area contributed by atoms with Gasteiger partial charge in [0.05, 0.1) is 31.8 Å². The van der Waals surface area contributed by atoms with Crippen molar-refractivity contribution >= 4 is 15.8 Å². The molecular formula is C23H31N3O5S. The van der Waals surface area contributed by atoms with Gasteiger partial charge >= 0.3 is 0 Å². The number of hydrogen-bond donors (Lipinski definition) is 1. The number of ketones is 1. The Kier molecular flexibility index (Phi) is 8.38. The first-order valence-corrected chi connectivity index (χ1v) is 12.0. The third kappa shape index (κ3) is 5.93. The first-order chi connectivity index (χ1) is 15.3. The van der Waals surface area contributed by atoms with Crippen LogP contribution in [-0.2, 0) is 14.8 Å². The third-order valence-corrected chi connectivity index (χ3v) is 7.41. The van der Waals surface area contributed by atoms with E-state index in [1.807, 2.05) is 38.4 Å². The number of methoxy groups -OCH3 is 1. The number of likely N-dealkylation sites (N-methyl/N-ethyl adjacent to an activating group) is 1. The Morgan fingerprint density at radius 1 is 1.16 bits per heavy atom. The molecule has 0 amide bonds. The molecule has 0 radical (unpaired) electrons. The molecule has 2 aromatic rings. The van der Waals surface area contributed by atoms with Crippen LogP contribution in [0.4, 0.5) is 0 Å². The third-order valence-electron chi connectivity index (χ3n) is 5.51. The molecule has 1 heterocycles. The molecule has 0 saturated carbocycles. The summed E-state index contributed by atoms with van der Waals surface area (Å²) < 4.78 is 37.6. The summed E-state index contributed by atoms with van der Waals surface area (Å²) in [6.07, 6.45) is 0. The van der Waals surface area contributed by atoms with Crippen molar-refractivity contribution in [3.8, 4) is 5.75 Å². The summed E-state index contributed by atoms with van der Waals surface area (Å²) in [6, 6.07) is 14.2. The number of sulfonamides is 1. The lowest BCUT2D eigenvalue weighted by molar-refractivity contribution is 0.0730. The Balaban J connectivity index is 1.63. The maximum atomic E-state index is 12.9. The molecule has 0 bridgehead atoms. The van der Waals surface area contributed by atoms with Crippen LogP contribution in [-0.4, -0.2) is 84.0 Å². The van der Waals surface area contributed by atoms with Crippen molar-refractivity contribution in [2.75, 3.05) is 60.6 Å². The number of hydrogen-bond acceptors (Lipinski definition) is 7. The van der Waals surface area contributed by atoms with Crippen molar-refractivity contribution in [1.29, 1.82) is 0 Å². The number of benzene rings is 2. The van der Waals surface area contributed by atoms with Crippen LogP contribution < -0.4 is 10.1 Å². The second-order valence-electron chi connectivity index (χ2n) is 7.85. The van der Waals surface area contributed by atoms with Crippen LogP contribution in [0.15, 0.2) is 53.4 Å². The first kappa shape index (κ1) is 24.3. The topological polar surface area (TPSA) is 88.2 Å². The predicted octanol–water partition coefficient (Wildman–Crippen LogP) is 1.79. The van der Waals surface area contributed by atoms with Crippen LogP contribution in [0.2, 0.25) is 0 Å². The molecule has 9 heteroatoms. The van der Waals surface area contributed by atoms with Gasteiger partial charge in [-0.2, -0.15) is 4.31 Å². The Morgan fingerprint density at radius 2 is 1.84 bits per heavy atom. The lowest BCUT2D eigenvalue weighted by Gasteiger charge is -2.26. The molecule has 174 valence electrons. The highest BCUT2D eigenvalue weighted by Gasteiger charge is 2.27. The zero-order valence-corrected chi connectivity index (χ0v) is 19.6. The molecule has 0 aromatic heterocycles. The van der Waals surface area contributed by atoms with Gasteiger partial charge < -0.3 is 19.7 Å². The highest BCUT2D eigenvalue weighted by Crippen LogP contribution is 2.21. The van der Waals surface area contributed by atoms with Gasteiger partial charge in [0.2, 0.25) is 10.0 Å². The molecule has 1 atom stereocenters. The minimum Gasteiger partial charge on any atom is -0.497 e. The molecule has 1 N–H and O–H groups in total. The highest BCUT2D eigenvalue weighted by atomic mass is 32.2. The lowest BCUT2D eigenvalue weighted by Crippen LogP contribution is -2.40. The minimum atomic E-state index is -3.64. The van der Waals surface area contributed by atoms with Crippen LogP contribution in [0, 0.1) is 0 Å². The van der Waals surface area contributed by atoms with Gasteiger partial charge in [-0.05, 0) is 43.9 Å². The number of ether oxygens (including phenoxy) is 2. The second kappa shape index (κ2) is 11.0. The normalized spacial score (nSPS) is 16.1. The molecule has 0 spiro atoms. The summed E-state index contributed by atoms with van der Waals surface area (Å²) in [5, 5.41) is 3.21. The number of nitrogens with zero attached hydrogens (tertiary/aromatic N) is 2. The Bertz CT molecular complexity index is 1000. The summed E-state index contributed by atoms with van der Waals surface area (Å²) in [4.78, 5) is 15.0. The van der Waals surface area contributed by atoms with E-state index < -0.39 is 10.0 Å². The number of morpholine rings is 1. The fourth-order valence-corrected chi connectivity index (χ4v) is 5.07. The van der Waals surface area contributed by atoms with Gasteiger partial charge in [-0.1, -0.05) is 24.3 Å². The van der Waals surface area contributed by atoms with Crippen LogP contribution >= 0.6 is 0 Å². The first-order valence-electron chi connectivity index (χ1n) is 10.5. The molecule has 1 saturated heterocycles. The second-order valence-corrected chi connectivity index (χ2v) is 9.79. The highest BCUT2D eigenvalue weighted by molar-refractivity contribution is 7.89. The van der Waals surface area contributed by atoms with E-state index in [0.717, 1.165) is 11.3 Å². The molecular weight excluding hydrogens is 430 g/mol. The van der Waals surface area contributed by atoms with Gasteiger partial charge in [0.1, 0.15) is 5.75 Å². The summed E-state index contributed by atoms with van der Waals surface area (Å²) in [7, 11) is 1.96. The van der Waals surface area contributed by atoms with Crippen LogP contribution in [0.25, 0.3) is 0 Å². The molecule has 32 heavy (non-hydrogen) atoms. The lowest BCUT2D eigenvalue weighted by atomic mass is 10.1. The summed E-state index contributed by atoms with van der Waals surface area (Å²) in [5.41, 5.74) is 1.48. The van der Waals surface area contributed by atoms with Crippen molar-refractivity contribution in [2.24, 2.45) is 0 Å². The molecule has 1 aliphatic rings. The number of carbonyl (C=O) groups is 1. The molecule has 1 fully saturated rings. The van der Waals surface area contributed by atoms with Crippen molar-refractivity contribution in [1.82, 2.24) is 14.5 Å². The fraction of sp³-hybridized carbons (Fsp3) is 0.435. The van der Waals surface area contributed by atoms with Crippen LogP contribution in [0.5, 0.6) is 5.75 Å². The van der Waals surface area contributed by atoms with Crippen LogP contribution in [0.3, 0.4) is 0 Å². The van der Waals surface area contributed by atoms with E-state index in [0.29, 0.717) is 38.4 Å². The molecule has 1 unspecified atom stereocenters. The molecule has 0 aliphatic carbocycles. The van der Waals surface area contributed by atoms with Crippen molar-refractivity contribution < 1.29 is 22.7 Å². The molecule has 1 aliphatic heterocycles. The Morgan fingerprint density at radius 3 is 2.47 bits per heavy atom. The Hall–Kier alpha value is -2.30. The van der Waals surface area contributed by atoms with E-state index in [-0.39, 0.29) is 23.3 Å². The molecule has 3 rings (SSSR count). The smallest absolute Gasteiger partial charge is 0.243 e. The van der Waals surface area contributed by atoms with Gasteiger partial charge in [0.15, 0.2) is 5.78 Å². The van der Waals surface area contributed by atoms with Crippen molar-refractivity contribution in [2.45, 2.75) is 10.9 Å². The van der Waals surface area contributed by atoms with Gasteiger partial charge in [-0.25, -0.2) is 8.42 Å². The summed E-state index contributed by atoms with van der Waals surface area (Å²) in [5.74, 6) is 0.637. The average molecular weight is 462 g/mol. The maximum Gasteiger partial charge on any atom is 0.243 e. The van der Waals surface area contributed by atoms with E-state index in [4.69, 9.17) is 9.47 Å². The van der Waals surface area contributed by atoms with E-state index in [1.165, 1.54) is 16.4 Å².